The van der Waals surface area contributed by atoms with Gasteiger partial charge in [0, 0.05) is 18.0 Å². The van der Waals surface area contributed by atoms with Gasteiger partial charge >= 0.3 is 0 Å². The predicted octanol–water partition coefficient (Wildman–Crippen LogP) is 2.48. The van der Waals surface area contributed by atoms with Crippen LogP contribution in [0.25, 0.3) is 10.9 Å². The van der Waals surface area contributed by atoms with Crippen LogP contribution in [0.4, 0.5) is 0 Å². The van der Waals surface area contributed by atoms with Gasteiger partial charge in [0.25, 0.3) is 5.56 Å². The lowest BCUT2D eigenvalue weighted by Crippen LogP contribution is -2.26. The zero-order valence-corrected chi connectivity index (χ0v) is 14.2. The highest BCUT2D eigenvalue weighted by atomic mass is 32.6. The van der Waals surface area contributed by atoms with Crippen molar-refractivity contribution in [1.82, 2.24) is 14.8 Å². The van der Waals surface area contributed by atoms with Gasteiger partial charge in [-0.25, -0.2) is 4.68 Å². The summed E-state index contributed by atoms with van der Waals surface area (Å²) < 4.78 is 1.53. The van der Waals surface area contributed by atoms with Gasteiger partial charge in [-0.1, -0.05) is 14.9 Å². The van der Waals surface area contributed by atoms with Crippen molar-refractivity contribution in [2.75, 3.05) is 0 Å². The number of rotatable bonds is 4. The first kappa shape index (κ1) is 14.4. The Morgan fingerprint density at radius 1 is 1.56 bits per heavy atom. The molecule has 0 radical (unpaired) electrons. The maximum Gasteiger partial charge on any atom is 0.276 e. The Hall–Kier alpha value is 0.01000. The molecule has 0 N–H and O–H groups in total. The molecular weight excluding hydrogens is 302 g/mol. The average molecular weight is 317 g/mol. The summed E-state index contributed by atoms with van der Waals surface area (Å²) in [6.07, 6.45) is 4.35. The summed E-state index contributed by atoms with van der Waals surface area (Å²) in [4.78, 5) is 16.7. The highest BCUT2D eigenvalue weighted by molar-refractivity contribution is 8.63. The standard InChI is InChI=1S/C10H15N3OP4/c1-2-5-13-10(14)9-7(6-12-13)11-4-3-8(9)18(16)17-15/h3-4,6,17H,2,5,15-16H2,1H3. The van der Waals surface area contributed by atoms with Gasteiger partial charge in [-0.2, -0.15) is 5.10 Å². The summed E-state index contributed by atoms with van der Waals surface area (Å²) in [5.41, 5.74) is 0.679. The average Bonchev–Trinajstić information content (AvgIpc) is 2.40. The van der Waals surface area contributed by atoms with Crippen molar-refractivity contribution in [2.24, 2.45) is 0 Å². The van der Waals surface area contributed by atoms with E-state index in [1.165, 1.54) is 4.68 Å². The monoisotopic (exact) mass is 317 g/mol. The van der Waals surface area contributed by atoms with Crippen LogP contribution in [-0.4, -0.2) is 14.8 Å². The number of nitrogens with zero attached hydrogens (tertiary/aromatic N) is 3. The van der Waals surface area contributed by atoms with E-state index in [2.05, 4.69) is 27.9 Å². The van der Waals surface area contributed by atoms with Crippen molar-refractivity contribution in [3.63, 3.8) is 0 Å². The van der Waals surface area contributed by atoms with Crippen LogP contribution in [0.2, 0.25) is 0 Å². The molecule has 8 heteroatoms. The van der Waals surface area contributed by atoms with Crippen LogP contribution in [0.5, 0.6) is 0 Å². The molecule has 0 aliphatic rings. The Morgan fingerprint density at radius 2 is 2.33 bits per heavy atom. The highest BCUT2D eigenvalue weighted by Gasteiger charge is 2.13. The number of pyridine rings is 1. The normalized spacial score (nSPS) is 13.5. The SMILES string of the molecule is CCCn1ncc2nccc(P(P)PP)c2c1=O. The van der Waals surface area contributed by atoms with E-state index in [0.717, 1.165) is 17.1 Å². The summed E-state index contributed by atoms with van der Waals surface area (Å²) in [6.45, 7) is 2.69. The molecule has 4 atom stereocenters. The number of hydrogen-bond donors (Lipinski definition) is 0. The topological polar surface area (TPSA) is 47.8 Å². The molecule has 0 aliphatic carbocycles. The van der Waals surface area contributed by atoms with Gasteiger partial charge in [-0.15, -0.1) is 17.9 Å². The third-order valence-electron chi connectivity index (χ3n) is 2.56. The molecule has 2 aromatic rings. The smallest absolute Gasteiger partial charge is 0.267 e. The first-order valence-electron chi connectivity index (χ1n) is 5.55. The minimum Gasteiger partial charge on any atom is -0.267 e. The maximum absolute atomic E-state index is 12.4. The fraction of sp³-hybridized carbons (Fsp3) is 0.300. The molecule has 4 unspecified atom stereocenters. The number of hydrogen-bond acceptors (Lipinski definition) is 3. The second-order valence-electron chi connectivity index (χ2n) is 3.76. The maximum atomic E-state index is 12.4. The summed E-state index contributed by atoms with van der Waals surface area (Å²) in [5.74, 6) is 0. The van der Waals surface area contributed by atoms with Gasteiger partial charge in [0.05, 0.1) is 17.1 Å². The van der Waals surface area contributed by atoms with Gasteiger partial charge in [0.2, 0.25) is 0 Å². The van der Waals surface area contributed by atoms with Gasteiger partial charge in [-0.3, -0.25) is 9.78 Å². The van der Waals surface area contributed by atoms with Crippen molar-refractivity contribution >= 4 is 49.3 Å². The Kier molecular flexibility index (Phi) is 5.16. The van der Waals surface area contributed by atoms with Crippen LogP contribution in [0.1, 0.15) is 13.3 Å². The summed E-state index contributed by atoms with van der Waals surface area (Å²) in [7, 11) is 5.94. The Balaban J connectivity index is 2.73. The second-order valence-corrected chi connectivity index (χ2v) is 12.9. The molecule has 2 heterocycles. The van der Waals surface area contributed by atoms with Crippen molar-refractivity contribution < 1.29 is 0 Å². The molecule has 0 amide bonds. The van der Waals surface area contributed by atoms with Gasteiger partial charge in [0.15, 0.2) is 0 Å². The fourth-order valence-electron chi connectivity index (χ4n) is 1.73. The first-order valence-corrected chi connectivity index (χ1v) is 12.2. The van der Waals surface area contributed by atoms with E-state index in [0.29, 0.717) is 20.0 Å². The molecule has 96 valence electrons. The lowest BCUT2D eigenvalue weighted by Gasteiger charge is -2.12. The Bertz CT molecular complexity index is 616. The van der Waals surface area contributed by atoms with Crippen molar-refractivity contribution in [2.45, 2.75) is 19.9 Å². The van der Waals surface area contributed by atoms with Gasteiger partial charge < -0.3 is 0 Å². The largest absolute Gasteiger partial charge is 0.276 e. The molecule has 0 saturated carbocycles. The molecule has 18 heavy (non-hydrogen) atoms. The molecule has 2 aromatic heterocycles. The third kappa shape index (κ3) is 2.78. The minimum atomic E-state index is -0.385. The highest BCUT2D eigenvalue weighted by Crippen LogP contribution is 2.65. The summed E-state index contributed by atoms with van der Waals surface area (Å²) in [5, 5.41) is 6.00. The minimum absolute atomic E-state index is 0.0179. The third-order valence-corrected chi connectivity index (χ3v) is 12.7. The zero-order valence-electron chi connectivity index (χ0n) is 10.00. The van der Waals surface area contributed by atoms with Crippen molar-refractivity contribution in [1.29, 1.82) is 0 Å². The molecule has 0 aromatic carbocycles. The van der Waals surface area contributed by atoms with Crippen LogP contribution in [0.3, 0.4) is 0 Å². The number of fused-ring (bicyclic) bond motifs is 1. The molecule has 0 fully saturated rings. The van der Waals surface area contributed by atoms with Crippen LogP contribution in [-0.2, 0) is 6.54 Å². The van der Waals surface area contributed by atoms with Gasteiger partial charge in [-0.05, 0) is 19.8 Å². The Morgan fingerprint density at radius 3 is 3.00 bits per heavy atom. The fourth-order valence-corrected chi connectivity index (χ4v) is 5.42. The predicted molar refractivity (Wildman–Crippen MR) is 88.4 cm³/mol. The van der Waals surface area contributed by atoms with E-state index >= 15 is 0 Å². The second kappa shape index (κ2) is 6.44. The molecule has 0 bridgehead atoms. The van der Waals surface area contributed by atoms with E-state index in [1.54, 1.807) is 12.4 Å². The number of aromatic nitrogens is 3. The summed E-state index contributed by atoms with van der Waals surface area (Å²) in [6, 6.07) is 1.95. The van der Waals surface area contributed by atoms with Crippen molar-refractivity contribution in [3.8, 4) is 0 Å². The molecular formula is C10H15N3OP4. The lowest BCUT2D eigenvalue weighted by molar-refractivity contribution is 0.573. The summed E-state index contributed by atoms with van der Waals surface area (Å²) >= 11 is 0. The molecule has 0 aliphatic heterocycles. The van der Waals surface area contributed by atoms with Crippen LogP contribution in [0.15, 0.2) is 23.3 Å². The lowest BCUT2D eigenvalue weighted by atomic mass is 10.3. The van der Waals surface area contributed by atoms with Crippen LogP contribution >= 0.6 is 33.1 Å². The van der Waals surface area contributed by atoms with E-state index in [-0.39, 0.29) is 12.9 Å². The van der Waals surface area contributed by atoms with E-state index < -0.39 is 0 Å². The van der Waals surface area contributed by atoms with Crippen LogP contribution in [0, 0.1) is 0 Å². The number of aryl methyl sites for hydroxylation is 1. The first-order chi connectivity index (χ1) is 8.69. The Labute approximate surface area is 113 Å². The van der Waals surface area contributed by atoms with Crippen molar-refractivity contribution in [3.05, 3.63) is 28.8 Å². The molecule has 4 nitrogen and oxygen atoms in total. The molecule has 0 spiro atoms. The van der Waals surface area contributed by atoms with E-state index in [9.17, 15) is 4.79 Å². The quantitative estimate of drug-likeness (QED) is 0.814. The zero-order chi connectivity index (χ0) is 13.1. The van der Waals surface area contributed by atoms with Gasteiger partial charge in [0.1, 0.15) is 0 Å². The molecule has 2 rings (SSSR count). The van der Waals surface area contributed by atoms with E-state index in [1.807, 2.05) is 13.0 Å². The van der Waals surface area contributed by atoms with E-state index in [4.69, 9.17) is 0 Å². The van der Waals surface area contributed by atoms with Crippen LogP contribution < -0.4 is 10.9 Å². The molecule has 0 saturated heterocycles.